The van der Waals surface area contributed by atoms with Crippen LogP contribution in [0.3, 0.4) is 0 Å². The Morgan fingerprint density at radius 3 is 1.14 bits per heavy atom. The van der Waals surface area contributed by atoms with E-state index in [1.54, 1.807) is 41.5 Å². The number of nitrogens with one attached hydrogen (secondary N) is 8. The summed E-state index contributed by atoms with van der Waals surface area (Å²) >= 11 is 0. The lowest BCUT2D eigenvalue weighted by molar-refractivity contribution is -0.143. The van der Waals surface area contributed by atoms with Crippen molar-refractivity contribution in [3.63, 3.8) is 0 Å². The van der Waals surface area contributed by atoms with E-state index in [4.69, 9.17) is 5.73 Å². The van der Waals surface area contributed by atoms with Crippen molar-refractivity contribution in [2.24, 2.45) is 41.2 Å². The molecule has 0 fully saturated rings. The highest BCUT2D eigenvalue weighted by Gasteiger charge is 2.37. The third-order valence-electron chi connectivity index (χ3n) is 12.4. The van der Waals surface area contributed by atoms with Crippen LogP contribution in [0.4, 0.5) is 0 Å². The van der Waals surface area contributed by atoms with Crippen molar-refractivity contribution >= 4 is 59.1 Å². The number of aliphatic hydroxyl groups is 2. The molecule has 0 aromatic heterocycles. The first-order valence-corrected chi connectivity index (χ1v) is 27.6. The largest absolute Gasteiger partial charge is 0.480 e. The smallest absolute Gasteiger partial charge is 0.326 e. The van der Waals surface area contributed by atoms with E-state index in [-0.39, 0.29) is 81.0 Å². The van der Waals surface area contributed by atoms with Gasteiger partial charge in [0.15, 0.2) is 0 Å². The topological polar surface area (TPSA) is 354 Å². The molecule has 438 valence electrons. The summed E-state index contributed by atoms with van der Waals surface area (Å²) < 4.78 is 0. The molecule has 0 saturated heterocycles. The number of carbonyl (C=O) groups excluding carboxylic acids is 9. The molecule has 22 nitrogen and oxygen atoms in total. The van der Waals surface area contributed by atoms with Crippen molar-refractivity contribution < 1.29 is 63.3 Å². The molecule has 22 heteroatoms. The lowest BCUT2D eigenvalue weighted by atomic mass is 9.98. The molecule has 10 atom stereocenters. The molecule has 0 aliphatic heterocycles. The minimum absolute atomic E-state index is 0.0105. The standard InChI is InChI=1S/C54H99N9O13/c1-15-16-17-18-19-20-36(65)28-44(67)56-38(23-29(2)3)48(69)59-39(24-30(4)5)49(70)57-37(21-22-43(55)66)47(68)58-41(26-32(8)9)51(72)63-46(35(14)64)53(74)62-45(34(12)13)52(73)60-40(25-31(6)7)50(71)61-42(54(75)76)27-33(10)11/h29-42,45-46,64-65H,15-28H2,1-14H3,(H2,55,66)(H,56,67)(H,57,70)(H,58,68)(H,59,69)(H,60,73)(H,61,71)(H,62,74)(H,63,72)(H,75,76). The van der Waals surface area contributed by atoms with Crippen LogP contribution in [0.1, 0.15) is 187 Å². The molecule has 76 heavy (non-hydrogen) atoms. The molecule has 0 radical (unpaired) electrons. The van der Waals surface area contributed by atoms with Gasteiger partial charge in [0.1, 0.15) is 48.3 Å². The second-order valence-electron chi connectivity index (χ2n) is 22.9. The van der Waals surface area contributed by atoms with E-state index in [1.807, 2.05) is 41.5 Å². The molecule has 0 spiro atoms. The highest BCUT2D eigenvalue weighted by atomic mass is 16.4. The summed E-state index contributed by atoms with van der Waals surface area (Å²) in [6.45, 7) is 24.7. The first-order chi connectivity index (χ1) is 35.3. The van der Waals surface area contributed by atoms with E-state index in [1.165, 1.54) is 6.92 Å². The predicted molar refractivity (Wildman–Crippen MR) is 289 cm³/mol. The Kier molecular flexibility index (Phi) is 34.0. The highest BCUT2D eigenvalue weighted by Crippen LogP contribution is 2.15. The molecule has 0 aromatic rings. The van der Waals surface area contributed by atoms with Crippen LogP contribution < -0.4 is 48.3 Å². The van der Waals surface area contributed by atoms with Gasteiger partial charge in [-0.05, 0) is 87.4 Å². The van der Waals surface area contributed by atoms with Gasteiger partial charge in [0, 0.05) is 6.42 Å². The first kappa shape index (κ1) is 70.6. The van der Waals surface area contributed by atoms with E-state index < -0.39 is 126 Å². The van der Waals surface area contributed by atoms with Gasteiger partial charge < -0.3 is 63.6 Å². The van der Waals surface area contributed by atoms with Crippen molar-refractivity contribution in [1.82, 2.24) is 42.5 Å². The third kappa shape index (κ3) is 29.8. The molecule has 0 bridgehead atoms. The van der Waals surface area contributed by atoms with Crippen LogP contribution in [-0.4, -0.2) is 135 Å². The van der Waals surface area contributed by atoms with E-state index in [0.717, 1.165) is 32.1 Å². The molecule has 9 amide bonds. The van der Waals surface area contributed by atoms with Gasteiger partial charge in [-0.15, -0.1) is 0 Å². The quantitative estimate of drug-likeness (QED) is 0.0395. The van der Waals surface area contributed by atoms with Crippen LogP contribution in [0.5, 0.6) is 0 Å². The van der Waals surface area contributed by atoms with Crippen molar-refractivity contribution in [2.75, 3.05) is 0 Å². The fraction of sp³-hybridized carbons (Fsp3) is 0.815. The van der Waals surface area contributed by atoms with Crippen molar-refractivity contribution in [3.8, 4) is 0 Å². The van der Waals surface area contributed by atoms with Crippen molar-refractivity contribution in [1.29, 1.82) is 0 Å². The number of nitrogens with two attached hydrogens (primary N) is 1. The van der Waals surface area contributed by atoms with Crippen LogP contribution >= 0.6 is 0 Å². The van der Waals surface area contributed by atoms with Crippen LogP contribution in [0.15, 0.2) is 0 Å². The van der Waals surface area contributed by atoms with E-state index in [9.17, 15) is 63.3 Å². The Balaban J connectivity index is 6.53. The average Bonchev–Trinajstić information content (AvgIpc) is 3.28. The van der Waals surface area contributed by atoms with E-state index in [0.29, 0.717) is 6.42 Å². The molecule has 0 rings (SSSR count). The highest BCUT2D eigenvalue weighted by molar-refractivity contribution is 5.98. The molecule has 0 aliphatic carbocycles. The lowest BCUT2D eigenvalue weighted by Crippen LogP contribution is -2.62. The monoisotopic (exact) mass is 1080 g/mol. The number of aliphatic hydroxyl groups excluding tert-OH is 2. The summed E-state index contributed by atoms with van der Waals surface area (Å²) in [5.74, 6) is -9.58. The normalized spacial score (nSPS) is 15.6. The maximum absolute atomic E-state index is 14.2. The van der Waals surface area contributed by atoms with Crippen LogP contribution in [0.25, 0.3) is 0 Å². The Bertz CT molecular complexity index is 1860. The minimum atomic E-state index is -1.68. The maximum Gasteiger partial charge on any atom is 0.326 e. The Morgan fingerprint density at radius 2 is 0.750 bits per heavy atom. The van der Waals surface area contributed by atoms with Crippen molar-refractivity contribution in [3.05, 3.63) is 0 Å². The van der Waals surface area contributed by atoms with Crippen LogP contribution in [-0.2, 0) is 47.9 Å². The van der Waals surface area contributed by atoms with E-state index in [2.05, 4.69) is 49.5 Å². The number of carboxylic acid groups (broad SMARTS) is 1. The van der Waals surface area contributed by atoms with Gasteiger partial charge in [0.05, 0.1) is 18.6 Å². The summed E-state index contributed by atoms with van der Waals surface area (Å²) in [5.41, 5.74) is 5.46. The van der Waals surface area contributed by atoms with Crippen LogP contribution in [0, 0.1) is 35.5 Å². The SMILES string of the molecule is CCCCCCCC(O)CC(=O)NC(CC(C)C)C(=O)NC(CC(C)C)C(=O)NC(CCC(N)=O)C(=O)NC(CC(C)C)C(=O)NC(C(=O)NC(C(=O)NC(CC(C)C)C(=O)NC(CC(C)C)C(=O)O)C(C)C)C(C)O. The summed E-state index contributed by atoms with van der Waals surface area (Å²) in [4.78, 5) is 134. The zero-order valence-electron chi connectivity index (χ0n) is 48.1. The van der Waals surface area contributed by atoms with Gasteiger partial charge in [-0.2, -0.15) is 0 Å². The number of unbranched alkanes of at least 4 members (excludes halogenated alkanes) is 4. The minimum Gasteiger partial charge on any atom is -0.480 e. The second kappa shape index (κ2) is 36.6. The maximum atomic E-state index is 14.2. The number of primary amides is 1. The number of hydrogen-bond donors (Lipinski definition) is 12. The lowest BCUT2D eigenvalue weighted by Gasteiger charge is -2.30. The molecule has 0 saturated carbocycles. The Hall–Kier alpha value is -5.38. The van der Waals surface area contributed by atoms with Crippen molar-refractivity contribution in [2.45, 2.75) is 247 Å². The molecule has 0 aromatic carbocycles. The van der Waals surface area contributed by atoms with Gasteiger partial charge >= 0.3 is 5.97 Å². The number of carboxylic acids is 1. The van der Waals surface area contributed by atoms with Gasteiger partial charge in [0.2, 0.25) is 53.2 Å². The Labute approximate surface area is 452 Å². The molecule has 13 N–H and O–H groups in total. The summed E-state index contributed by atoms with van der Waals surface area (Å²) in [6, 6.07) is -10.5. The summed E-state index contributed by atoms with van der Waals surface area (Å²) in [6.07, 6.45) is 2.58. The van der Waals surface area contributed by atoms with Crippen LogP contribution in [0.2, 0.25) is 0 Å². The molecule has 10 unspecified atom stereocenters. The number of rotatable bonds is 39. The second-order valence-corrected chi connectivity index (χ2v) is 22.9. The summed E-state index contributed by atoms with van der Waals surface area (Å²) in [7, 11) is 0. The van der Waals surface area contributed by atoms with Gasteiger partial charge in [-0.3, -0.25) is 43.2 Å². The molecular formula is C54H99N9O13. The predicted octanol–water partition coefficient (Wildman–Crippen LogP) is 2.59. The number of hydrogen-bond acceptors (Lipinski definition) is 12. The van der Waals surface area contributed by atoms with Gasteiger partial charge in [-0.1, -0.05) is 122 Å². The number of carbonyl (C=O) groups is 10. The molecule has 0 aliphatic rings. The van der Waals surface area contributed by atoms with Gasteiger partial charge in [0.25, 0.3) is 0 Å². The molecule has 0 heterocycles. The van der Waals surface area contributed by atoms with Gasteiger partial charge in [-0.25, -0.2) is 4.79 Å². The van der Waals surface area contributed by atoms with E-state index >= 15 is 0 Å². The first-order valence-electron chi connectivity index (χ1n) is 27.6. The fourth-order valence-corrected chi connectivity index (χ4v) is 8.40. The summed E-state index contributed by atoms with van der Waals surface area (Å²) in [5, 5.41) is 52.0. The fourth-order valence-electron chi connectivity index (χ4n) is 8.40. The zero-order chi connectivity index (χ0) is 58.6. The third-order valence-corrected chi connectivity index (χ3v) is 12.4. The number of aliphatic carboxylic acids is 1. The Morgan fingerprint density at radius 1 is 0.408 bits per heavy atom. The number of amides is 9. The zero-order valence-corrected chi connectivity index (χ0v) is 48.1. The average molecular weight is 1080 g/mol. The molecular weight excluding hydrogens is 983 g/mol.